The van der Waals surface area contributed by atoms with Crippen LogP contribution in [0, 0.1) is 11.7 Å². The van der Waals surface area contributed by atoms with Gasteiger partial charge in [0.2, 0.25) is 11.9 Å². The number of fused-ring (bicyclic) bond motifs is 1. The van der Waals surface area contributed by atoms with Crippen molar-refractivity contribution >= 4 is 16.9 Å². The summed E-state index contributed by atoms with van der Waals surface area (Å²) in [5.74, 6) is 0.671. The summed E-state index contributed by atoms with van der Waals surface area (Å²) in [6, 6.07) is 13.8. The van der Waals surface area contributed by atoms with Crippen molar-refractivity contribution < 1.29 is 9.18 Å². The van der Waals surface area contributed by atoms with Crippen LogP contribution < -0.4 is 5.56 Å². The highest BCUT2D eigenvalue weighted by atomic mass is 19.1. The van der Waals surface area contributed by atoms with Crippen LogP contribution in [0.1, 0.15) is 31.7 Å². The Bertz CT molecular complexity index is 1310. The van der Waals surface area contributed by atoms with Crippen LogP contribution in [0.25, 0.3) is 28.2 Å². The van der Waals surface area contributed by atoms with Gasteiger partial charge < -0.3 is 9.88 Å². The number of imidazole rings is 1. The summed E-state index contributed by atoms with van der Waals surface area (Å²) in [6.07, 6.45) is 3.33. The summed E-state index contributed by atoms with van der Waals surface area (Å²) in [5.41, 5.74) is 3.56. The molecule has 1 aliphatic heterocycles. The van der Waals surface area contributed by atoms with Crippen LogP contribution >= 0.6 is 0 Å². The first-order valence-corrected chi connectivity index (χ1v) is 11.3. The lowest BCUT2D eigenvalue weighted by atomic mass is 9.90. The molecule has 0 spiro atoms. The number of rotatable bonds is 5. The van der Waals surface area contributed by atoms with E-state index in [9.17, 15) is 14.0 Å². The SMILES string of the molecule is CC(=O)N1CCC(CCc2c(-c3ccc(F)cc3)[nH]n(-c3nc4ccccc4[nH]3)c2=O)CC1. The van der Waals surface area contributed by atoms with Crippen LogP contribution in [-0.2, 0) is 11.2 Å². The molecule has 1 amide bonds. The van der Waals surface area contributed by atoms with Crippen LogP contribution in [0.15, 0.2) is 53.3 Å². The Morgan fingerprint density at radius 1 is 1.12 bits per heavy atom. The summed E-state index contributed by atoms with van der Waals surface area (Å²) in [6.45, 7) is 3.14. The van der Waals surface area contributed by atoms with Crippen molar-refractivity contribution in [3.8, 4) is 17.2 Å². The molecule has 0 radical (unpaired) electrons. The van der Waals surface area contributed by atoms with Crippen LogP contribution in [-0.4, -0.2) is 43.6 Å². The predicted molar refractivity (Wildman–Crippen MR) is 125 cm³/mol. The Labute approximate surface area is 190 Å². The molecule has 0 saturated carbocycles. The lowest BCUT2D eigenvalue weighted by Crippen LogP contribution is -2.37. The molecule has 7 nitrogen and oxygen atoms in total. The zero-order chi connectivity index (χ0) is 22.9. The van der Waals surface area contributed by atoms with E-state index in [2.05, 4.69) is 15.1 Å². The molecule has 0 atom stereocenters. The van der Waals surface area contributed by atoms with Crippen LogP contribution in [0.4, 0.5) is 4.39 Å². The number of hydrogen-bond acceptors (Lipinski definition) is 3. The summed E-state index contributed by atoms with van der Waals surface area (Å²) in [5, 5.41) is 3.21. The molecule has 3 heterocycles. The molecule has 4 aromatic rings. The normalized spacial score (nSPS) is 14.8. The molecule has 170 valence electrons. The fourth-order valence-electron chi connectivity index (χ4n) is 4.64. The number of H-pyrrole nitrogens is 2. The van der Waals surface area contributed by atoms with Crippen molar-refractivity contribution in [2.45, 2.75) is 32.6 Å². The second kappa shape index (κ2) is 8.69. The van der Waals surface area contributed by atoms with Crippen LogP contribution in [0.5, 0.6) is 0 Å². The van der Waals surface area contributed by atoms with Gasteiger partial charge in [0.05, 0.1) is 16.7 Å². The Morgan fingerprint density at radius 2 is 1.85 bits per heavy atom. The molecule has 0 unspecified atom stereocenters. The van der Waals surface area contributed by atoms with E-state index in [-0.39, 0.29) is 17.3 Å². The average molecular weight is 448 g/mol. The van der Waals surface area contributed by atoms with Crippen LogP contribution in [0.2, 0.25) is 0 Å². The van der Waals surface area contributed by atoms with Crippen molar-refractivity contribution in [3.05, 3.63) is 70.3 Å². The van der Waals surface area contributed by atoms with Crippen molar-refractivity contribution in [2.24, 2.45) is 5.92 Å². The molecule has 33 heavy (non-hydrogen) atoms. The number of likely N-dealkylation sites (tertiary alicyclic amines) is 1. The molecular weight excluding hydrogens is 421 g/mol. The monoisotopic (exact) mass is 447 g/mol. The Morgan fingerprint density at radius 3 is 2.55 bits per heavy atom. The second-order valence-corrected chi connectivity index (χ2v) is 8.68. The highest BCUT2D eigenvalue weighted by molar-refractivity contribution is 5.76. The maximum absolute atomic E-state index is 13.5. The number of carbonyl (C=O) groups is 1. The first kappa shape index (κ1) is 21.2. The molecule has 5 rings (SSSR count). The zero-order valence-electron chi connectivity index (χ0n) is 18.5. The average Bonchev–Trinajstić information content (AvgIpc) is 3.39. The smallest absolute Gasteiger partial charge is 0.277 e. The standard InChI is InChI=1S/C25H26FN5O2/c1-16(32)30-14-12-17(13-15-30)6-11-20-23(18-7-9-19(26)10-8-18)29-31(24(20)33)25-27-21-4-2-3-5-22(21)28-25/h2-5,7-10,17,29H,6,11-15H2,1H3,(H,27,28). The third-order valence-corrected chi connectivity index (χ3v) is 6.57. The van der Waals surface area contributed by atoms with E-state index in [1.807, 2.05) is 29.2 Å². The number of amides is 1. The van der Waals surface area contributed by atoms with E-state index in [1.54, 1.807) is 19.1 Å². The molecule has 2 aromatic heterocycles. The highest BCUT2D eigenvalue weighted by Gasteiger charge is 2.23. The Kier molecular flexibility index (Phi) is 5.58. The minimum atomic E-state index is -0.323. The Hall–Kier alpha value is -3.68. The second-order valence-electron chi connectivity index (χ2n) is 8.68. The molecule has 2 aromatic carbocycles. The first-order chi connectivity index (χ1) is 16.0. The van der Waals surface area contributed by atoms with Gasteiger partial charge in [-0.05, 0) is 68.0 Å². The number of aromatic nitrogens is 4. The topological polar surface area (TPSA) is 86.8 Å². The van der Waals surface area contributed by atoms with E-state index in [4.69, 9.17) is 0 Å². The van der Waals surface area contributed by atoms with E-state index < -0.39 is 0 Å². The third kappa shape index (κ3) is 4.20. The summed E-state index contributed by atoms with van der Waals surface area (Å²) < 4.78 is 15.0. The van der Waals surface area contributed by atoms with Gasteiger partial charge in [-0.2, -0.15) is 4.68 Å². The highest BCUT2D eigenvalue weighted by Crippen LogP contribution is 2.26. The summed E-state index contributed by atoms with van der Waals surface area (Å²) in [4.78, 5) is 34.7. The minimum Gasteiger partial charge on any atom is -0.343 e. The predicted octanol–water partition coefficient (Wildman–Crippen LogP) is 4.04. The number of para-hydroxylation sites is 2. The number of piperidine rings is 1. The van der Waals surface area contributed by atoms with Crippen LogP contribution in [0.3, 0.4) is 0 Å². The molecule has 1 fully saturated rings. The lowest BCUT2D eigenvalue weighted by Gasteiger charge is -2.31. The fourth-order valence-corrected chi connectivity index (χ4v) is 4.64. The number of nitrogens with one attached hydrogen (secondary N) is 2. The summed E-state index contributed by atoms with van der Waals surface area (Å²) >= 11 is 0. The molecule has 0 bridgehead atoms. The number of nitrogens with zero attached hydrogens (tertiary/aromatic N) is 3. The minimum absolute atomic E-state index is 0.117. The number of halogens is 1. The molecule has 8 heteroatoms. The van der Waals surface area contributed by atoms with E-state index in [0.717, 1.165) is 48.9 Å². The number of benzene rings is 2. The van der Waals surface area contributed by atoms with Gasteiger partial charge in [0, 0.05) is 31.1 Å². The van der Waals surface area contributed by atoms with E-state index >= 15 is 0 Å². The van der Waals surface area contributed by atoms with Gasteiger partial charge in [0.25, 0.3) is 5.56 Å². The maximum atomic E-state index is 13.5. The molecule has 1 aliphatic rings. The van der Waals surface area contributed by atoms with Gasteiger partial charge in [0.1, 0.15) is 5.82 Å². The molecular formula is C25H26FN5O2. The third-order valence-electron chi connectivity index (χ3n) is 6.57. The van der Waals surface area contributed by atoms with E-state index in [0.29, 0.717) is 29.5 Å². The van der Waals surface area contributed by atoms with Crippen molar-refractivity contribution in [1.29, 1.82) is 0 Å². The number of hydrogen-bond donors (Lipinski definition) is 2. The lowest BCUT2D eigenvalue weighted by molar-refractivity contribution is -0.130. The number of carbonyl (C=O) groups excluding carboxylic acids is 1. The van der Waals surface area contributed by atoms with Gasteiger partial charge in [-0.1, -0.05) is 12.1 Å². The number of aromatic amines is 2. The van der Waals surface area contributed by atoms with Gasteiger partial charge in [-0.25, -0.2) is 9.37 Å². The van der Waals surface area contributed by atoms with Crippen molar-refractivity contribution in [2.75, 3.05) is 13.1 Å². The fraction of sp³-hybridized carbons (Fsp3) is 0.320. The van der Waals surface area contributed by atoms with Crippen molar-refractivity contribution in [3.63, 3.8) is 0 Å². The van der Waals surface area contributed by atoms with Gasteiger partial charge in [-0.15, -0.1) is 0 Å². The van der Waals surface area contributed by atoms with Gasteiger partial charge >= 0.3 is 0 Å². The quantitative estimate of drug-likeness (QED) is 0.484. The zero-order valence-corrected chi connectivity index (χ0v) is 18.5. The molecule has 2 N–H and O–H groups in total. The summed E-state index contributed by atoms with van der Waals surface area (Å²) in [7, 11) is 0. The van der Waals surface area contributed by atoms with Crippen molar-refractivity contribution in [1.82, 2.24) is 24.6 Å². The van der Waals surface area contributed by atoms with E-state index in [1.165, 1.54) is 16.8 Å². The molecule has 1 saturated heterocycles. The van der Waals surface area contributed by atoms with Gasteiger partial charge in [-0.3, -0.25) is 14.7 Å². The first-order valence-electron chi connectivity index (χ1n) is 11.3. The molecule has 0 aliphatic carbocycles. The maximum Gasteiger partial charge on any atom is 0.277 e. The Balaban J connectivity index is 1.47. The largest absolute Gasteiger partial charge is 0.343 e. The van der Waals surface area contributed by atoms with Gasteiger partial charge in [0.15, 0.2) is 0 Å².